The van der Waals surface area contributed by atoms with Gasteiger partial charge >= 0.3 is 0 Å². The van der Waals surface area contributed by atoms with Gasteiger partial charge in [-0.25, -0.2) is 0 Å². The molecule has 7 aromatic carbocycles. The van der Waals surface area contributed by atoms with Crippen LogP contribution in [0.3, 0.4) is 0 Å². The van der Waals surface area contributed by atoms with Crippen molar-refractivity contribution in [2.75, 3.05) is 0 Å². The molecule has 0 N–H and O–H groups in total. The number of fused-ring (bicyclic) bond motifs is 12. The van der Waals surface area contributed by atoms with E-state index in [2.05, 4.69) is 158 Å². The molecule has 0 saturated heterocycles. The molecular formula is C41H26. The van der Waals surface area contributed by atoms with Crippen molar-refractivity contribution < 1.29 is 0 Å². The third-order valence-electron chi connectivity index (χ3n) is 9.30. The van der Waals surface area contributed by atoms with Crippen molar-refractivity contribution in [1.29, 1.82) is 0 Å². The van der Waals surface area contributed by atoms with Gasteiger partial charge in [-0.05, 0) is 83.6 Å². The number of hydrogen-bond donors (Lipinski definition) is 0. The first-order valence-electron chi connectivity index (χ1n) is 14.4. The van der Waals surface area contributed by atoms with Gasteiger partial charge in [-0.3, -0.25) is 0 Å². The van der Waals surface area contributed by atoms with Crippen LogP contribution in [0.4, 0.5) is 0 Å². The van der Waals surface area contributed by atoms with Gasteiger partial charge in [-0.1, -0.05) is 152 Å². The summed E-state index contributed by atoms with van der Waals surface area (Å²) >= 11 is 0. The first-order chi connectivity index (χ1) is 20.4. The highest BCUT2D eigenvalue weighted by molar-refractivity contribution is 6.11. The maximum absolute atomic E-state index is 2.51. The maximum atomic E-state index is 2.51. The van der Waals surface area contributed by atoms with E-state index in [0.29, 0.717) is 0 Å². The van der Waals surface area contributed by atoms with Gasteiger partial charge in [0.1, 0.15) is 0 Å². The topological polar surface area (TPSA) is 0 Å². The van der Waals surface area contributed by atoms with Crippen LogP contribution >= 0.6 is 0 Å². The first-order valence-corrected chi connectivity index (χ1v) is 14.4. The zero-order valence-corrected chi connectivity index (χ0v) is 22.5. The highest BCUT2D eigenvalue weighted by Crippen LogP contribution is 2.64. The number of hydrogen-bond acceptors (Lipinski definition) is 0. The van der Waals surface area contributed by atoms with Crippen LogP contribution in [-0.2, 0) is 5.41 Å². The molecule has 0 atom stereocenters. The van der Waals surface area contributed by atoms with E-state index in [-0.39, 0.29) is 5.41 Å². The molecule has 9 rings (SSSR count). The monoisotopic (exact) mass is 518 g/mol. The predicted octanol–water partition coefficient (Wildman–Crippen LogP) is 10.5. The lowest BCUT2D eigenvalue weighted by atomic mass is 9.70. The predicted molar refractivity (Wildman–Crippen MR) is 171 cm³/mol. The van der Waals surface area contributed by atoms with Gasteiger partial charge in [0.05, 0.1) is 5.41 Å². The van der Waals surface area contributed by atoms with Gasteiger partial charge < -0.3 is 0 Å². The summed E-state index contributed by atoms with van der Waals surface area (Å²) in [7, 11) is 0. The van der Waals surface area contributed by atoms with Crippen LogP contribution in [0.15, 0.2) is 158 Å². The molecular weight excluding hydrogens is 492 g/mol. The molecule has 0 radical (unpaired) electrons. The zero-order chi connectivity index (χ0) is 27.0. The molecule has 0 fully saturated rings. The Kier molecular flexibility index (Phi) is 4.63. The van der Waals surface area contributed by atoms with Crippen molar-refractivity contribution in [3.63, 3.8) is 0 Å². The second kappa shape index (κ2) is 8.40. The molecule has 2 aliphatic carbocycles. The Morgan fingerprint density at radius 3 is 1.41 bits per heavy atom. The fraction of sp³-hybridized carbons (Fsp3) is 0.0244. The fourth-order valence-corrected chi connectivity index (χ4v) is 7.66. The van der Waals surface area contributed by atoms with E-state index in [1.54, 1.807) is 0 Å². The highest BCUT2D eigenvalue weighted by Gasteiger charge is 2.52. The summed E-state index contributed by atoms with van der Waals surface area (Å²) in [6, 6.07) is 58.4. The fourth-order valence-electron chi connectivity index (χ4n) is 7.66. The largest absolute Gasteiger partial charge is 0.0725 e. The van der Waals surface area contributed by atoms with Crippen molar-refractivity contribution in [3.8, 4) is 44.5 Å². The number of rotatable bonds is 2. The summed E-state index contributed by atoms with van der Waals surface area (Å²) in [5, 5.41) is 2.61. The molecule has 0 heterocycles. The molecule has 0 unspecified atom stereocenters. The summed E-state index contributed by atoms with van der Waals surface area (Å²) in [5.74, 6) is 0. The van der Waals surface area contributed by atoms with Gasteiger partial charge in [-0.2, -0.15) is 0 Å². The molecule has 7 aromatic rings. The average Bonchev–Trinajstić information content (AvgIpc) is 3.52. The van der Waals surface area contributed by atoms with Crippen LogP contribution in [-0.4, -0.2) is 0 Å². The van der Waals surface area contributed by atoms with Crippen molar-refractivity contribution in [2.45, 2.75) is 5.41 Å². The summed E-state index contributed by atoms with van der Waals surface area (Å²) < 4.78 is 0. The summed E-state index contributed by atoms with van der Waals surface area (Å²) in [6.45, 7) is 0. The molecule has 190 valence electrons. The number of benzene rings is 7. The third kappa shape index (κ3) is 2.94. The van der Waals surface area contributed by atoms with Crippen molar-refractivity contribution in [1.82, 2.24) is 0 Å². The van der Waals surface area contributed by atoms with Crippen LogP contribution in [0, 0.1) is 0 Å². The van der Waals surface area contributed by atoms with Crippen molar-refractivity contribution >= 4 is 10.8 Å². The van der Waals surface area contributed by atoms with Gasteiger partial charge in [0.15, 0.2) is 0 Å². The Morgan fingerprint density at radius 1 is 0.293 bits per heavy atom. The lowest BCUT2D eigenvalue weighted by molar-refractivity contribution is 0.794. The molecule has 0 bridgehead atoms. The maximum Gasteiger partial charge on any atom is 0.0725 e. The molecule has 0 aromatic heterocycles. The van der Waals surface area contributed by atoms with Gasteiger partial charge in [0.25, 0.3) is 0 Å². The van der Waals surface area contributed by atoms with E-state index in [0.717, 1.165) is 0 Å². The van der Waals surface area contributed by atoms with E-state index >= 15 is 0 Å². The summed E-state index contributed by atoms with van der Waals surface area (Å²) in [6.07, 6.45) is 0. The van der Waals surface area contributed by atoms with Crippen LogP contribution in [0.25, 0.3) is 55.3 Å². The second-order valence-corrected chi connectivity index (χ2v) is 11.2. The van der Waals surface area contributed by atoms with Gasteiger partial charge in [-0.15, -0.1) is 0 Å². The van der Waals surface area contributed by atoms with Crippen LogP contribution in [0.5, 0.6) is 0 Å². The molecule has 0 heteroatoms. The van der Waals surface area contributed by atoms with E-state index in [9.17, 15) is 0 Å². The first kappa shape index (κ1) is 22.6. The molecule has 0 nitrogen and oxygen atoms in total. The molecule has 2 aliphatic rings. The Labute approximate surface area is 240 Å². The molecule has 0 aliphatic heterocycles. The van der Waals surface area contributed by atoms with E-state index < -0.39 is 0 Å². The van der Waals surface area contributed by atoms with Crippen molar-refractivity contribution in [3.05, 3.63) is 180 Å². The Balaban J connectivity index is 1.39. The third-order valence-corrected chi connectivity index (χ3v) is 9.30. The van der Waals surface area contributed by atoms with E-state index in [4.69, 9.17) is 0 Å². The minimum atomic E-state index is -0.345. The van der Waals surface area contributed by atoms with Crippen LogP contribution in [0.1, 0.15) is 22.3 Å². The minimum absolute atomic E-state index is 0.345. The lowest BCUT2D eigenvalue weighted by Crippen LogP contribution is -2.25. The highest BCUT2D eigenvalue weighted by atomic mass is 14.5. The lowest BCUT2D eigenvalue weighted by Gasteiger charge is -2.31. The second-order valence-electron chi connectivity index (χ2n) is 11.2. The average molecular weight is 519 g/mol. The van der Waals surface area contributed by atoms with Crippen LogP contribution < -0.4 is 0 Å². The smallest absolute Gasteiger partial charge is 0.0622 e. The van der Waals surface area contributed by atoms with Crippen LogP contribution in [0.2, 0.25) is 0 Å². The SMILES string of the molecule is c1ccc(-c2ccc(-c3cc4c(c5ccccc35)-c3ccccc3C43c4ccccc4-c4ccccc43)cc2)cc1. The Morgan fingerprint density at radius 2 is 0.756 bits per heavy atom. The Bertz CT molecular complexity index is 2090. The quantitative estimate of drug-likeness (QED) is 0.213. The molecule has 0 amide bonds. The normalized spacial score (nSPS) is 13.6. The van der Waals surface area contributed by atoms with Crippen molar-refractivity contribution in [2.24, 2.45) is 0 Å². The standard InChI is InChI=1S/C41H26/c1-2-12-27(13-3-1)28-22-24-29(25-23-28)35-26-39-40(33-17-5-4-14-30(33)35)34-18-8-11-21-38(34)41(39)36-19-9-6-15-31(36)32-16-7-10-20-37(32)41/h1-26H. The Hall–Kier alpha value is -5.20. The molecule has 1 spiro atoms. The zero-order valence-electron chi connectivity index (χ0n) is 22.5. The molecule has 41 heavy (non-hydrogen) atoms. The minimum Gasteiger partial charge on any atom is -0.0622 e. The summed E-state index contributed by atoms with van der Waals surface area (Å²) in [4.78, 5) is 0. The van der Waals surface area contributed by atoms with Gasteiger partial charge in [0, 0.05) is 0 Å². The molecule has 0 saturated carbocycles. The van der Waals surface area contributed by atoms with E-state index in [1.165, 1.54) is 77.5 Å². The summed E-state index contributed by atoms with van der Waals surface area (Å²) in [5.41, 5.74) is 15.6. The van der Waals surface area contributed by atoms with Gasteiger partial charge in [0.2, 0.25) is 0 Å². The van der Waals surface area contributed by atoms with E-state index in [1.807, 2.05) is 0 Å².